The van der Waals surface area contributed by atoms with Gasteiger partial charge in [-0.15, -0.1) is 0 Å². The van der Waals surface area contributed by atoms with Crippen LogP contribution in [-0.4, -0.2) is 53.8 Å². The monoisotopic (exact) mass is 465 g/mol. The summed E-state index contributed by atoms with van der Waals surface area (Å²) in [6.07, 6.45) is 2.17. The number of hydrogen-bond donors (Lipinski definition) is 1. The van der Waals surface area contributed by atoms with Crippen LogP contribution in [-0.2, 0) is 22.7 Å². The van der Waals surface area contributed by atoms with Gasteiger partial charge in [0.15, 0.2) is 0 Å². The Bertz CT molecular complexity index is 1140. The number of rotatable bonds is 5. The summed E-state index contributed by atoms with van der Waals surface area (Å²) in [6.45, 7) is 2.81. The highest BCUT2D eigenvalue weighted by atomic mass is 19.1. The first-order valence-corrected chi connectivity index (χ1v) is 11.7. The van der Waals surface area contributed by atoms with Crippen molar-refractivity contribution < 1.29 is 23.5 Å². The summed E-state index contributed by atoms with van der Waals surface area (Å²) < 4.78 is 20.4. The molecule has 34 heavy (non-hydrogen) atoms. The van der Waals surface area contributed by atoms with Gasteiger partial charge < -0.3 is 9.64 Å². The number of halogens is 1. The van der Waals surface area contributed by atoms with Gasteiger partial charge >= 0.3 is 0 Å². The Balaban J connectivity index is 1.26. The highest BCUT2D eigenvalue weighted by Gasteiger charge is 2.40. The molecular weight excluding hydrogens is 437 g/mol. The van der Waals surface area contributed by atoms with Gasteiger partial charge in [-0.1, -0.05) is 18.2 Å². The van der Waals surface area contributed by atoms with Crippen molar-refractivity contribution in [1.82, 2.24) is 15.1 Å². The molecule has 0 bridgehead atoms. The number of hydrogen-bond acceptors (Lipinski definition) is 5. The number of fused-ring (bicyclic) bond motifs is 1. The van der Waals surface area contributed by atoms with Gasteiger partial charge in [-0.25, -0.2) is 4.39 Å². The van der Waals surface area contributed by atoms with Crippen LogP contribution in [0.15, 0.2) is 36.4 Å². The van der Waals surface area contributed by atoms with Crippen LogP contribution in [0.2, 0.25) is 0 Å². The maximum absolute atomic E-state index is 15.1. The molecule has 1 N–H and O–H groups in total. The Kier molecular flexibility index (Phi) is 6.08. The summed E-state index contributed by atoms with van der Waals surface area (Å²) in [5.74, 6) is -0.551. The molecule has 3 amide bonds. The Morgan fingerprint density at radius 3 is 2.62 bits per heavy atom. The quantitative estimate of drug-likeness (QED) is 0.687. The molecule has 3 aliphatic heterocycles. The second-order valence-corrected chi connectivity index (χ2v) is 9.33. The topological polar surface area (TPSA) is 79.0 Å². The molecule has 2 fully saturated rings. The summed E-state index contributed by atoms with van der Waals surface area (Å²) in [4.78, 5) is 40.4. The van der Waals surface area contributed by atoms with Gasteiger partial charge in [0.05, 0.1) is 7.11 Å². The van der Waals surface area contributed by atoms with Crippen molar-refractivity contribution in [2.24, 2.45) is 0 Å². The number of nitrogens with zero attached hydrogens (tertiary/aromatic N) is 2. The van der Waals surface area contributed by atoms with Gasteiger partial charge in [0.25, 0.3) is 5.91 Å². The van der Waals surface area contributed by atoms with Crippen LogP contribution in [0.5, 0.6) is 5.75 Å². The minimum Gasteiger partial charge on any atom is -0.497 e. The maximum atomic E-state index is 15.1. The molecule has 5 rings (SSSR count). The number of carbonyl (C=O) groups excluding carboxylic acids is 3. The number of benzene rings is 2. The molecule has 1 atom stereocenters. The van der Waals surface area contributed by atoms with E-state index in [1.54, 1.807) is 7.11 Å². The second kappa shape index (κ2) is 9.18. The van der Waals surface area contributed by atoms with Gasteiger partial charge in [-0.05, 0) is 73.2 Å². The Labute approximate surface area is 197 Å². The van der Waals surface area contributed by atoms with Crippen LogP contribution in [0.4, 0.5) is 4.39 Å². The van der Waals surface area contributed by atoms with Crippen LogP contribution in [0.1, 0.15) is 58.6 Å². The van der Waals surface area contributed by atoms with E-state index in [4.69, 9.17) is 4.74 Å². The van der Waals surface area contributed by atoms with E-state index in [1.807, 2.05) is 24.3 Å². The lowest BCUT2D eigenvalue weighted by Crippen LogP contribution is -2.52. The molecule has 0 aliphatic carbocycles. The van der Waals surface area contributed by atoms with Crippen molar-refractivity contribution in [2.75, 3.05) is 20.2 Å². The smallest absolute Gasteiger partial charge is 0.255 e. The fraction of sp³-hybridized carbons (Fsp3) is 0.423. The first-order valence-electron chi connectivity index (χ1n) is 11.7. The van der Waals surface area contributed by atoms with E-state index in [1.165, 1.54) is 16.5 Å². The standard InChI is InChI=1S/C26H28FN3O4/c1-34-19-4-2-3-16(11-19)14-29-9-7-17(8-10-29)20-12-18-15-30(26(33)21(18)13-22(20)27)23-5-6-24(31)28-25(23)32/h2-4,11-13,17,23H,5-10,14-15H2,1H3,(H,28,31,32). The highest BCUT2D eigenvalue weighted by Crippen LogP contribution is 2.35. The van der Waals surface area contributed by atoms with Crippen LogP contribution in [0.25, 0.3) is 0 Å². The number of ether oxygens (including phenoxy) is 1. The van der Waals surface area contributed by atoms with Gasteiger partial charge in [-0.3, -0.25) is 24.6 Å². The summed E-state index contributed by atoms with van der Waals surface area (Å²) in [5.41, 5.74) is 2.91. The normalized spacial score (nSPS) is 21.5. The lowest BCUT2D eigenvalue weighted by molar-refractivity contribution is -0.136. The van der Waals surface area contributed by atoms with Crippen molar-refractivity contribution in [2.45, 2.75) is 50.7 Å². The molecule has 2 aromatic rings. The highest BCUT2D eigenvalue weighted by molar-refractivity contribution is 6.05. The molecule has 0 aromatic heterocycles. The number of piperidine rings is 2. The number of carbonyl (C=O) groups is 3. The van der Waals surface area contributed by atoms with Crippen LogP contribution in [0.3, 0.4) is 0 Å². The Hall–Kier alpha value is -3.26. The molecule has 0 radical (unpaired) electrons. The summed E-state index contributed by atoms with van der Waals surface area (Å²) >= 11 is 0. The fourth-order valence-corrected chi connectivity index (χ4v) is 5.35. The molecule has 3 heterocycles. The lowest BCUT2D eigenvalue weighted by Gasteiger charge is -2.32. The van der Waals surface area contributed by atoms with Gasteiger partial charge in [0.1, 0.15) is 17.6 Å². The van der Waals surface area contributed by atoms with E-state index in [0.717, 1.165) is 43.8 Å². The molecule has 7 nitrogen and oxygen atoms in total. The molecule has 3 aliphatic rings. The fourth-order valence-electron chi connectivity index (χ4n) is 5.35. The zero-order valence-electron chi connectivity index (χ0n) is 19.2. The molecule has 2 saturated heterocycles. The molecule has 0 spiro atoms. The third kappa shape index (κ3) is 4.30. The van der Waals surface area contributed by atoms with Crippen LogP contribution in [0, 0.1) is 5.82 Å². The van der Waals surface area contributed by atoms with Crippen molar-refractivity contribution in [3.63, 3.8) is 0 Å². The molecule has 178 valence electrons. The van der Waals surface area contributed by atoms with Crippen LogP contribution >= 0.6 is 0 Å². The number of likely N-dealkylation sites (tertiary alicyclic amines) is 1. The number of methoxy groups -OCH3 is 1. The average molecular weight is 466 g/mol. The van der Waals surface area contributed by atoms with Gasteiger partial charge in [0, 0.05) is 25.1 Å². The molecule has 8 heteroatoms. The van der Waals surface area contributed by atoms with E-state index in [-0.39, 0.29) is 36.5 Å². The first kappa shape index (κ1) is 22.5. The van der Waals surface area contributed by atoms with Gasteiger partial charge in [0.2, 0.25) is 11.8 Å². The van der Waals surface area contributed by atoms with Crippen molar-refractivity contribution in [1.29, 1.82) is 0 Å². The number of imide groups is 1. The van der Waals surface area contributed by atoms with Gasteiger partial charge in [-0.2, -0.15) is 0 Å². The summed E-state index contributed by atoms with van der Waals surface area (Å²) in [5, 5.41) is 2.30. The molecule has 1 unspecified atom stereocenters. The van der Waals surface area contributed by atoms with E-state index in [9.17, 15) is 14.4 Å². The Morgan fingerprint density at radius 2 is 1.88 bits per heavy atom. The first-order chi connectivity index (χ1) is 16.4. The molecular formula is C26H28FN3O4. The lowest BCUT2D eigenvalue weighted by atomic mass is 9.87. The predicted molar refractivity (Wildman–Crippen MR) is 123 cm³/mol. The van der Waals surface area contributed by atoms with Crippen molar-refractivity contribution in [3.05, 3.63) is 64.5 Å². The maximum Gasteiger partial charge on any atom is 0.255 e. The Morgan fingerprint density at radius 1 is 1.09 bits per heavy atom. The van der Waals surface area contributed by atoms with Crippen molar-refractivity contribution in [3.8, 4) is 5.75 Å². The van der Waals surface area contributed by atoms with Crippen molar-refractivity contribution >= 4 is 17.7 Å². The van der Waals surface area contributed by atoms with E-state index in [0.29, 0.717) is 17.5 Å². The third-order valence-electron chi connectivity index (χ3n) is 7.21. The van der Waals surface area contributed by atoms with Crippen LogP contribution < -0.4 is 10.1 Å². The number of amides is 3. The number of nitrogens with one attached hydrogen (secondary N) is 1. The van der Waals surface area contributed by atoms with E-state index < -0.39 is 11.9 Å². The summed E-state index contributed by atoms with van der Waals surface area (Å²) in [7, 11) is 1.66. The predicted octanol–water partition coefficient (Wildman–Crippen LogP) is 2.97. The zero-order chi connectivity index (χ0) is 23.8. The van der Waals surface area contributed by atoms with E-state index in [2.05, 4.69) is 16.3 Å². The molecule has 2 aromatic carbocycles. The largest absolute Gasteiger partial charge is 0.497 e. The second-order valence-electron chi connectivity index (χ2n) is 9.33. The SMILES string of the molecule is COc1cccc(CN2CCC(c3cc4c(cc3F)C(=O)N(C3CCC(=O)NC3=O)C4)CC2)c1. The summed E-state index contributed by atoms with van der Waals surface area (Å²) in [6, 6.07) is 10.5. The third-order valence-corrected chi connectivity index (χ3v) is 7.21. The minimum absolute atomic E-state index is 0.0895. The zero-order valence-corrected chi connectivity index (χ0v) is 19.2. The average Bonchev–Trinajstić information content (AvgIpc) is 3.14. The van der Waals surface area contributed by atoms with E-state index >= 15 is 4.39 Å². The molecule has 0 saturated carbocycles. The minimum atomic E-state index is -0.691.